The molecule has 1 unspecified atom stereocenters. The van der Waals surface area contributed by atoms with Gasteiger partial charge < -0.3 is 14.4 Å². The molecule has 3 rings (SSSR count). The predicted octanol–water partition coefficient (Wildman–Crippen LogP) is 6.33. The van der Waals surface area contributed by atoms with Gasteiger partial charge in [0.1, 0.15) is 0 Å². The largest absolute Gasteiger partial charge is 0.357 e. The number of hydrogen-bond acceptors (Lipinski definition) is 6. The molecule has 0 radical (unpaired) electrons. The average molecular weight is 411 g/mol. The number of para-hydroxylation sites is 1. The van der Waals surface area contributed by atoms with E-state index in [0.717, 1.165) is 10.2 Å². The van der Waals surface area contributed by atoms with E-state index in [1.54, 1.807) is 19.9 Å². The number of anilines is 1. The lowest BCUT2D eigenvalue weighted by Crippen LogP contribution is -2.15. The Hall–Kier alpha value is -1.43. The maximum Gasteiger partial charge on any atom is 0.357 e. The van der Waals surface area contributed by atoms with E-state index < -0.39 is 13.4 Å². The number of aromatic nitrogens is 1. The standard InChI is InChI=1S/C18H20ClN2O3PS/c1-3-23-25(22,24-4-2)17(13-9-5-6-10-14(13)19)21-18-20-15-11-7-8-12-16(15)26-18/h5-12,17H,3-4H2,1-2H3,(H,20,21). The fourth-order valence-electron chi connectivity index (χ4n) is 2.62. The number of nitrogens with zero attached hydrogens (tertiary/aromatic N) is 1. The molecule has 26 heavy (non-hydrogen) atoms. The third kappa shape index (κ3) is 4.11. The van der Waals surface area contributed by atoms with Crippen LogP contribution in [0.15, 0.2) is 48.5 Å². The molecule has 0 spiro atoms. The third-order valence-electron chi connectivity index (χ3n) is 3.69. The summed E-state index contributed by atoms with van der Waals surface area (Å²) in [6, 6.07) is 15.1. The maximum absolute atomic E-state index is 13.5. The minimum absolute atomic E-state index is 0.264. The van der Waals surface area contributed by atoms with Crippen LogP contribution in [0.3, 0.4) is 0 Å². The van der Waals surface area contributed by atoms with Crippen LogP contribution in [0.5, 0.6) is 0 Å². The van der Waals surface area contributed by atoms with E-state index in [9.17, 15) is 4.57 Å². The fraction of sp³-hybridized carbons (Fsp3) is 0.278. The fourth-order valence-corrected chi connectivity index (χ4v) is 5.86. The second kappa shape index (κ2) is 8.51. The number of rotatable bonds is 8. The summed E-state index contributed by atoms with van der Waals surface area (Å²) in [5.74, 6) is -0.753. The van der Waals surface area contributed by atoms with Gasteiger partial charge in [-0.15, -0.1) is 0 Å². The number of nitrogens with one attached hydrogen (secondary N) is 1. The van der Waals surface area contributed by atoms with Crippen LogP contribution in [-0.2, 0) is 13.6 Å². The Morgan fingerprint density at radius 3 is 2.42 bits per heavy atom. The van der Waals surface area contributed by atoms with Gasteiger partial charge in [0, 0.05) is 10.6 Å². The van der Waals surface area contributed by atoms with Crippen LogP contribution in [-0.4, -0.2) is 18.2 Å². The van der Waals surface area contributed by atoms with Gasteiger partial charge in [-0.1, -0.05) is 53.3 Å². The number of thiazole rings is 1. The van der Waals surface area contributed by atoms with Crippen molar-refractivity contribution in [3.63, 3.8) is 0 Å². The molecular formula is C18H20ClN2O3PS. The lowest BCUT2D eigenvalue weighted by molar-refractivity contribution is 0.214. The molecule has 0 aliphatic heterocycles. The van der Waals surface area contributed by atoms with Crippen LogP contribution in [0.25, 0.3) is 10.2 Å². The molecule has 0 bridgehead atoms. The Kier molecular flexibility index (Phi) is 6.33. The second-order valence-electron chi connectivity index (χ2n) is 5.43. The predicted molar refractivity (Wildman–Crippen MR) is 108 cm³/mol. The number of hydrogen-bond donors (Lipinski definition) is 1. The zero-order valence-electron chi connectivity index (χ0n) is 14.5. The molecule has 5 nitrogen and oxygen atoms in total. The van der Waals surface area contributed by atoms with Crippen LogP contribution in [0, 0.1) is 0 Å². The van der Waals surface area contributed by atoms with Gasteiger partial charge in [-0.3, -0.25) is 4.57 Å². The van der Waals surface area contributed by atoms with Gasteiger partial charge >= 0.3 is 7.60 Å². The molecule has 8 heteroatoms. The van der Waals surface area contributed by atoms with E-state index in [4.69, 9.17) is 20.6 Å². The first-order chi connectivity index (χ1) is 12.6. The van der Waals surface area contributed by atoms with Crippen molar-refractivity contribution in [3.8, 4) is 0 Å². The Morgan fingerprint density at radius 2 is 1.77 bits per heavy atom. The highest BCUT2D eigenvalue weighted by atomic mass is 35.5. The molecule has 1 heterocycles. The summed E-state index contributed by atoms with van der Waals surface area (Å²) in [6.07, 6.45) is 0. The van der Waals surface area contributed by atoms with Gasteiger partial charge in [-0.2, -0.15) is 0 Å². The normalized spacial score (nSPS) is 13.0. The quantitative estimate of drug-likeness (QED) is 0.440. The van der Waals surface area contributed by atoms with E-state index in [1.807, 2.05) is 42.5 Å². The van der Waals surface area contributed by atoms with Crippen molar-refractivity contribution in [3.05, 3.63) is 59.1 Å². The van der Waals surface area contributed by atoms with Crippen molar-refractivity contribution in [2.45, 2.75) is 19.6 Å². The van der Waals surface area contributed by atoms with Gasteiger partial charge in [-0.25, -0.2) is 4.98 Å². The van der Waals surface area contributed by atoms with E-state index >= 15 is 0 Å². The maximum atomic E-state index is 13.5. The van der Waals surface area contributed by atoms with E-state index in [2.05, 4.69) is 10.3 Å². The summed E-state index contributed by atoms with van der Waals surface area (Å²) in [5, 5.41) is 4.37. The zero-order chi connectivity index (χ0) is 18.6. The molecule has 138 valence electrons. The highest BCUT2D eigenvalue weighted by Crippen LogP contribution is 2.61. The van der Waals surface area contributed by atoms with Crippen molar-refractivity contribution in [1.82, 2.24) is 4.98 Å². The van der Waals surface area contributed by atoms with Gasteiger partial charge in [0.25, 0.3) is 0 Å². The van der Waals surface area contributed by atoms with Crippen molar-refractivity contribution < 1.29 is 13.6 Å². The third-order valence-corrected chi connectivity index (χ3v) is 7.28. The monoisotopic (exact) mass is 410 g/mol. The lowest BCUT2D eigenvalue weighted by atomic mass is 10.2. The van der Waals surface area contributed by atoms with E-state index in [1.165, 1.54) is 11.3 Å². The minimum Gasteiger partial charge on any atom is -0.344 e. The van der Waals surface area contributed by atoms with Gasteiger partial charge in [-0.05, 0) is 32.0 Å². The van der Waals surface area contributed by atoms with Crippen molar-refractivity contribution in [1.29, 1.82) is 0 Å². The number of benzene rings is 2. The Morgan fingerprint density at radius 1 is 1.12 bits per heavy atom. The van der Waals surface area contributed by atoms with Crippen molar-refractivity contribution in [2.75, 3.05) is 18.5 Å². The van der Waals surface area contributed by atoms with Crippen LogP contribution in [0.4, 0.5) is 5.13 Å². The summed E-state index contributed by atoms with van der Waals surface area (Å²) in [7, 11) is -3.52. The minimum atomic E-state index is -3.52. The number of fused-ring (bicyclic) bond motifs is 1. The van der Waals surface area contributed by atoms with Gasteiger partial charge in [0.2, 0.25) is 0 Å². The van der Waals surface area contributed by atoms with Gasteiger partial charge in [0.15, 0.2) is 10.9 Å². The molecule has 1 atom stereocenters. The lowest BCUT2D eigenvalue weighted by Gasteiger charge is -2.27. The summed E-state index contributed by atoms with van der Waals surface area (Å²) < 4.78 is 25.7. The van der Waals surface area contributed by atoms with Crippen molar-refractivity contribution in [2.24, 2.45) is 0 Å². The molecule has 1 N–H and O–H groups in total. The van der Waals surface area contributed by atoms with Gasteiger partial charge in [0.05, 0.1) is 23.4 Å². The van der Waals surface area contributed by atoms with Crippen LogP contribution in [0.2, 0.25) is 5.02 Å². The van der Waals surface area contributed by atoms with E-state index in [0.29, 0.717) is 15.7 Å². The SMILES string of the molecule is CCOP(=O)(OCC)C(Nc1nc2ccccc2s1)c1ccccc1Cl. The van der Waals surface area contributed by atoms with Crippen molar-refractivity contribution >= 4 is 45.9 Å². The average Bonchev–Trinajstić information content (AvgIpc) is 3.03. The summed E-state index contributed by atoms with van der Waals surface area (Å²) in [5.41, 5.74) is 1.53. The smallest absolute Gasteiger partial charge is 0.344 e. The Balaban J connectivity index is 2.04. The topological polar surface area (TPSA) is 60.5 Å². The molecule has 2 aromatic carbocycles. The zero-order valence-corrected chi connectivity index (χ0v) is 17.0. The van der Waals surface area contributed by atoms with Crippen LogP contribution in [0.1, 0.15) is 25.2 Å². The second-order valence-corrected chi connectivity index (χ2v) is 8.98. The molecule has 0 aliphatic rings. The van der Waals surface area contributed by atoms with E-state index in [-0.39, 0.29) is 13.2 Å². The molecule has 0 aliphatic carbocycles. The Bertz CT molecular complexity index is 890. The molecule has 0 fully saturated rings. The van der Waals surface area contributed by atoms with Crippen LogP contribution < -0.4 is 5.32 Å². The van der Waals surface area contributed by atoms with Crippen LogP contribution >= 0.6 is 30.5 Å². The first-order valence-electron chi connectivity index (χ1n) is 8.32. The molecule has 3 aromatic rings. The molecular weight excluding hydrogens is 391 g/mol. The number of halogens is 1. The summed E-state index contributed by atoms with van der Waals surface area (Å²) in [6.45, 7) is 4.10. The molecule has 0 saturated heterocycles. The first kappa shape index (κ1) is 19.3. The highest BCUT2D eigenvalue weighted by molar-refractivity contribution is 7.54. The molecule has 1 aromatic heterocycles. The summed E-state index contributed by atoms with van der Waals surface area (Å²) in [4.78, 5) is 4.57. The first-order valence-corrected chi connectivity index (χ1v) is 11.1. The Labute approximate surface area is 161 Å². The summed E-state index contributed by atoms with van der Waals surface area (Å²) >= 11 is 7.86. The molecule has 0 amide bonds. The highest BCUT2D eigenvalue weighted by Gasteiger charge is 2.38. The molecule has 0 saturated carbocycles.